The highest BCUT2D eigenvalue weighted by molar-refractivity contribution is 5.76. The van der Waals surface area contributed by atoms with Gasteiger partial charge in [-0.15, -0.1) is 0 Å². The van der Waals surface area contributed by atoms with Crippen molar-refractivity contribution in [3.8, 4) is 0 Å². The topological polar surface area (TPSA) is 103 Å². The van der Waals surface area contributed by atoms with Gasteiger partial charge in [-0.1, -0.05) is 24.8 Å². The van der Waals surface area contributed by atoms with Crippen LogP contribution in [0, 0.1) is 11.6 Å². The van der Waals surface area contributed by atoms with E-state index in [0.29, 0.717) is 38.3 Å². The minimum Gasteiger partial charge on any atom is -0.404 e. The smallest absolute Gasteiger partial charge is 0.237 e. The van der Waals surface area contributed by atoms with E-state index in [-0.39, 0.29) is 49.8 Å². The number of nitrogens with two attached hydrogens (primary N) is 1. The zero-order valence-electron chi connectivity index (χ0n) is 20.5. The minimum atomic E-state index is -0.679. The summed E-state index contributed by atoms with van der Waals surface area (Å²) in [5, 5.41) is 4.17. The van der Waals surface area contributed by atoms with Crippen LogP contribution in [0.4, 0.5) is 20.2 Å². The van der Waals surface area contributed by atoms with Crippen LogP contribution in [-0.4, -0.2) is 68.9 Å². The molecule has 0 aliphatic carbocycles. The highest BCUT2D eigenvalue weighted by atomic mass is 19.1. The van der Waals surface area contributed by atoms with Crippen molar-refractivity contribution in [2.45, 2.75) is 25.9 Å². The van der Waals surface area contributed by atoms with Crippen molar-refractivity contribution in [2.75, 3.05) is 55.8 Å². The van der Waals surface area contributed by atoms with Crippen LogP contribution in [0.5, 0.6) is 0 Å². The standard InChI is InChI=1S/C25H34F2N6O3/c1-3-4-5-19(14-28)6-7-24(35)33-11-10-31(9-8-30-33)25-22(26)12-20(13-23(25)27)32-16-21(36-17-32)15-29-18(2)34/h3-5,12-14,21,30H,1,6-11,15-17,28H2,2H3,(H,29,34)/b5-4-,19-14+/t21-/m0/s1. The summed E-state index contributed by atoms with van der Waals surface area (Å²) in [6.45, 7) is 7.18. The van der Waals surface area contributed by atoms with Gasteiger partial charge in [-0.05, 0) is 30.3 Å². The number of allylic oxidation sites excluding steroid dienone is 4. The average Bonchev–Trinajstić information content (AvgIpc) is 3.20. The molecule has 1 atom stereocenters. The number of nitrogens with one attached hydrogen (secondary N) is 2. The molecule has 0 bridgehead atoms. The number of rotatable bonds is 9. The Morgan fingerprint density at radius 1 is 1.22 bits per heavy atom. The van der Waals surface area contributed by atoms with E-state index in [1.165, 1.54) is 30.3 Å². The van der Waals surface area contributed by atoms with Gasteiger partial charge in [-0.25, -0.2) is 14.2 Å². The van der Waals surface area contributed by atoms with Crippen LogP contribution < -0.4 is 26.3 Å². The first-order valence-electron chi connectivity index (χ1n) is 11.9. The maximum absolute atomic E-state index is 15.1. The molecule has 0 saturated carbocycles. The molecule has 9 nitrogen and oxygen atoms in total. The van der Waals surface area contributed by atoms with Gasteiger partial charge in [0.15, 0.2) is 11.6 Å². The van der Waals surface area contributed by atoms with Crippen LogP contribution in [0.2, 0.25) is 0 Å². The molecule has 2 heterocycles. The average molecular weight is 505 g/mol. The van der Waals surface area contributed by atoms with E-state index in [2.05, 4.69) is 17.3 Å². The van der Waals surface area contributed by atoms with Gasteiger partial charge in [0.2, 0.25) is 11.8 Å². The van der Waals surface area contributed by atoms with Gasteiger partial charge in [0.1, 0.15) is 12.4 Å². The van der Waals surface area contributed by atoms with Crippen LogP contribution in [0.15, 0.2) is 48.7 Å². The lowest BCUT2D eigenvalue weighted by molar-refractivity contribution is -0.133. The second kappa shape index (κ2) is 13.0. The SMILES string of the molecule is C=C/C=C\C(=C/N)CCC(=O)N1CCN(c2c(F)cc(N3CO[C@@H](CNC(C)=O)C3)cc2F)CCN1. The Hall–Kier alpha value is -3.44. The Bertz CT molecular complexity index is 993. The van der Waals surface area contributed by atoms with E-state index in [1.807, 2.05) is 0 Å². The number of hydrazine groups is 1. The molecule has 4 N–H and O–H groups in total. The maximum atomic E-state index is 15.1. The van der Waals surface area contributed by atoms with E-state index in [4.69, 9.17) is 10.5 Å². The van der Waals surface area contributed by atoms with E-state index in [0.717, 1.165) is 5.57 Å². The van der Waals surface area contributed by atoms with Gasteiger partial charge in [0.05, 0.1) is 12.6 Å². The normalized spacial score (nSPS) is 19.0. The Balaban J connectivity index is 1.59. The number of ether oxygens (including phenoxy) is 1. The third-order valence-electron chi connectivity index (χ3n) is 6.02. The highest BCUT2D eigenvalue weighted by Crippen LogP contribution is 2.30. The molecule has 196 valence electrons. The number of hydrogen-bond donors (Lipinski definition) is 3. The molecular weight excluding hydrogens is 470 g/mol. The fraction of sp³-hybridized carbons (Fsp3) is 0.440. The summed E-state index contributed by atoms with van der Waals surface area (Å²) in [6, 6.07) is 2.59. The van der Waals surface area contributed by atoms with Crippen molar-refractivity contribution in [3.63, 3.8) is 0 Å². The van der Waals surface area contributed by atoms with Crippen LogP contribution in [0.25, 0.3) is 0 Å². The van der Waals surface area contributed by atoms with E-state index >= 15 is 8.78 Å². The van der Waals surface area contributed by atoms with Crippen molar-refractivity contribution >= 4 is 23.2 Å². The summed E-state index contributed by atoms with van der Waals surface area (Å²) in [5.41, 5.74) is 9.72. The molecule has 0 spiro atoms. The molecule has 2 saturated heterocycles. The number of anilines is 2. The van der Waals surface area contributed by atoms with Crippen molar-refractivity contribution in [1.29, 1.82) is 0 Å². The number of nitrogens with zero attached hydrogens (tertiary/aromatic N) is 3. The predicted octanol–water partition coefficient (Wildman–Crippen LogP) is 1.78. The molecule has 36 heavy (non-hydrogen) atoms. The quantitative estimate of drug-likeness (QED) is 0.441. The molecule has 1 aromatic carbocycles. The van der Waals surface area contributed by atoms with Gasteiger partial charge >= 0.3 is 0 Å². The number of carbonyl (C=O) groups is 2. The third-order valence-corrected chi connectivity index (χ3v) is 6.02. The molecule has 2 amide bonds. The lowest BCUT2D eigenvalue weighted by atomic mass is 10.1. The number of hydrogen-bond acceptors (Lipinski definition) is 7. The first-order chi connectivity index (χ1) is 17.3. The Morgan fingerprint density at radius 3 is 2.64 bits per heavy atom. The van der Waals surface area contributed by atoms with Gasteiger partial charge in [-0.2, -0.15) is 0 Å². The fourth-order valence-electron chi connectivity index (χ4n) is 4.11. The van der Waals surface area contributed by atoms with Crippen LogP contribution >= 0.6 is 0 Å². The molecule has 0 aromatic heterocycles. The molecular formula is C25H34F2N6O3. The monoisotopic (exact) mass is 504 g/mol. The molecule has 0 radical (unpaired) electrons. The number of benzene rings is 1. The molecule has 2 aliphatic rings. The zero-order chi connectivity index (χ0) is 26.1. The molecule has 0 unspecified atom stereocenters. The molecule has 1 aromatic rings. The second-order valence-corrected chi connectivity index (χ2v) is 8.61. The summed E-state index contributed by atoms with van der Waals surface area (Å²) in [7, 11) is 0. The Labute approximate surface area is 210 Å². The Kier molecular flexibility index (Phi) is 9.83. The van der Waals surface area contributed by atoms with Gasteiger partial charge in [-0.3, -0.25) is 14.6 Å². The second-order valence-electron chi connectivity index (χ2n) is 8.61. The van der Waals surface area contributed by atoms with E-state index in [9.17, 15) is 9.59 Å². The number of halogens is 2. The first-order valence-corrected chi connectivity index (χ1v) is 11.9. The molecule has 3 rings (SSSR count). The minimum absolute atomic E-state index is 0.118. The molecule has 2 aliphatic heterocycles. The highest BCUT2D eigenvalue weighted by Gasteiger charge is 2.27. The van der Waals surface area contributed by atoms with E-state index < -0.39 is 11.6 Å². The summed E-state index contributed by atoms with van der Waals surface area (Å²) in [6.07, 6.45) is 7.09. The first kappa shape index (κ1) is 27.2. The van der Waals surface area contributed by atoms with Crippen LogP contribution in [0.3, 0.4) is 0 Å². The summed E-state index contributed by atoms with van der Waals surface area (Å²) in [4.78, 5) is 27.1. The number of carbonyl (C=O) groups excluding carboxylic acids is 2. The van der Waals surface area contributed by atoms with Crippen molar-refractivity contribution in [2.24, 2.45) is 5.73 Å². The lowest BCUT2D eigenvalue weighted by Gasteiger charge is -2.25. The fourth-order valence-corrected chi connectivity index (χ4v) is 4.11. The predicted molar refractivity (Wildman–Crippen MR) is 135 cm³/mol. The van der Waals surface area contributed by atoms with Gasteiger partial charge in [0, 0.05) is 51.8 Å². The maximum Gasteiger partial charge on any atom is 0.237 e. The zero-order valence-corrected chi connectivity index (χ0v) is 20.5. The van der Waals surface area contributed by atoms with Crippen LogP contribution in [-0.2, 0) is 14.3 Å². The molecule has 2 fully saturated rings. The van der Waals surface area contributed by atoms with Crippen LogP contribution in [0.1, 0.15) is 19.8 Å². The largest absolute Gasteiger partial charge is 0.404 e. The van der Waals surface area contributed by atoms with Gasteiger partial charge < -0.3 is 25.6 Å². The van der Waals surface area contributed by atoms with Crippen molar-refractivity contribution in [1.82, 2.24) is 15.8 Å². The summed E-state index contributed by atoms with van der Waals surface area (Å²) < 4.78 is 35.8. The summed E-state index contributed by atoms with van der Waals surface area (Å²) in [5.74, 6) is -1.64. The van der Waals surface area contributed by atoms with Gasteiger partial charge in [0.25, 0.3) is 0 Å². The molecule has 11 heteroatoms. The van der Waals surface area contributed by atoms with E-state index in [1.54, 1.807) is 28.0 Å². The number of amides is 2. The van der Waals surface area contributed by atoms with Crippen molar-refractivity contribution in [3.05, 3.63) is 60.3 Å². The van der Waals surface area contributed by atoms with Crippen molar-refractivity contribution < 1.29 is 23.1 Å². The lowest BCUT2D eigenvalue weighted by Crippen LogP contribution is -2.43. The Morgan fingerprint density at radius 2 is 1.97 bits per heavy atom. The third kappa shape index (κ3) is 7.28. The summed E-state index contributed by atoms with van der Waals surface area (Å²) >= 11 is 0.